The first-order valence-electron chi connectivity index (χ1n) is 6.94. The number of rotatable bonds is 2. The number of hydrogen-bond donors (Lipinski definition) is 1. The largest absolute Gasteiger partial charge is 0.459 e. The Hall–Kier alpha value is -1.82. The molecule has 1 aromatic rings. The molecule has 0 radical (unpaired) electrons. The van der Waals surface area contributed by atoms with Crippen LogP contribution in [0.25, 0.3) is 0 Å². The number of carbonyl (C=O) groups excluding carboxylic acids is 2. The predicted molar refractivity (Wildman–Crippen MR) is 69.6 cm³/mol. The maximum absolute atomic E-state index is 12.6. The topological polar surface area (TPSA) is 85.8 Å². The highest BCUT2D eigenvalue weighted by molar-refractivity contribution is 5.96. The smallest absolute Gasteiger partial charge is 0.292 e. The van der Waals surface area contributed by atoms with E-state index < -0.39 is 17.7 Å². The van der Waals surface area contributed by atoms with Gasteiger partial charge < -0.3 is 14.9 Å². The van der Waals surface area contributed by atoms with E-state index in [9.17, 15) is 9.59 Å². The van der Waals surface area contributed by atoms with Gasteiger partial charge in [0.25, 0.3) is 5.91 Å². The predicted octanol–water partition coefficient (Wildman–Crippen LogP) is 1.27. The lowest BCUT2D eigenvalue weighted by atomic mass is 9.90. The average Bonchev–Trinajstić information content (AvgIpc) is 3.07. The van der Waals surface area contributed by atoms with Crippen LogP contribution in [0.5, 0.6) is 0 Å². The summed E-state index contributed by atoms with van der Waals surface area (Å²) in [5, 5.41) is 0. The van der Waals surface area contributed by atoms with Crippen molar-refractivity contribution in [1.82, 2.24) is 4.90 Å². The lowest BCUT2D eigenvalue weighted by Gasteiger charge is -2.40. The second-order valence-electron chi connectivity index (χ2n) is 5.39. The molecule has 1 aromatic heterocycles. The molecule has 6 nitrogen and oxygen atoms in total. The molecule has 1 saturated carbocycles. The maximum atomic E-state index is 12.6. The van der Waals surface area contributed by atoms with Crippen LogP contribution in [0.3, 0.4) is 0 Å². The van der Waals surface area contributed by atoms with Gasteiger partial charge >= 0.3 is 0 Å². The van der Waals surface area contributed by atoms with Crippen molar-refractivity contribution in [1.29, 1.82) is 0 Å². The summed E-state index contributed by atoms with van der Waals surface area (Å²) in [4.78, 5) is 25.8. The Labute approximate surface area is 116 Å². The number of hydrogen-bond acceptors (Lipinski definition) is 4. The molecule has 2 fully saturated rings. The van der Waals surface area contributed by atoms with E-state index in [4.69, 9.17) is 14.9 Å². The number of carbonyl (C=O) groups is 2. The molecule has 1 spiro atoms. The Balaban J connectivity index is 1.95. The van der Waals surface area contributed by atoms with Crippen molar-refractivity contribution >= 4 is 11.8 Å². The standard InChI is InChI=1S/C14H18N2O4/c15-12(17)10-9-20-14(6-2-1-3-7-14)16(10)13(18)11-5-4-8-19-11/h4-5,8,10H,1-3,6-7,9H2,(H2,15,17). The summed E-state index contributed by atoms with van der Waals surface area (Å²) in [6, 6.07) is 2.53. The minimum absolute atomic E-state index is 0.168. The van der Waals surface area contributed by atoms with E-state index in [1.165, 1.54) is 11.2 Å². The molecular formula is C14H18N2O4. The van der Waals surface area contributed by atoms with Crippen molar-refractivity contribution in [2.24, 2.45) is 5.73 Å². The van der Waals surface area contributed by atoms with Crippen LogP contribution in [-0.4, -0.2) is 35.1 Å². The molecule has 1 unspecified atom stereocenters. The van der Waals surface area contributed by atoms with E-state index in [0.29, 0.717) is 0 Å². The lowest BCUT2D eigenvalue weighted by molar-refractivity contribution is -0.124. The van der Waals surface area contributed by atoms with E-state index in [1.54, 1.807) is 12.1 Å². The highest BCUT2D eigenvalue weighted by Gasteiger charge is 2.52. The zero-order valence-electron chi connectivity index (χ0n) is 11.2. The fourth-order valence-electron chi connectivity index (χ4n) is 3.21. The zero-order valence-corrected chi connectivity index (χ0v) is 11.2. The molecule has 2 aliphatic rings. The molecule has 3 rings (SSSR count). The van der Waals surface area contributed by atoms with Gasteiger partial charge in [-0.15, -0.1) is 0 Å². The van der Waals surface area contributed by atoms with E-state index in [-0.39, 0.29) is 18.3 Å². The molecule has 2 heterocycles. The second-order valence-corrected chi connectivity index (χ2v) is 5.39. The van der Waals surface area contributed by atoms with Crippen molar-refractivity contribution < 1.29 is 18.7 Å². The number of primary amides is 1. The zero-order chi connectivity index (χ0) is 14.2. The van der Waals surface area contributed by atoms with Crippen molar-refractivity contribution in [3.05, 3.63) is 24.2 Å². The summed E-state index contributed by atoms with van der Waals surface area (Å²) in [6.07, 6.45) is 6.00. The quantitative estimate of drug-likeness (QED) is 0.882. The minimum atomic E-state index is -0.717. The maximum Gasteiger partial charge on any atom is 0.292 e. The van der Waals surface area contributed by atoms with Crippen LogP contribution >= 0.6 is 0 Å². The molecule has 0 aromatic carbocycles. The molecule has 1 saturated heterocycles. The average molecular weight is 278 g/mol. The van der Waals surface area contributed by atoms with Crippen molar-refractivity contribution in [2.45, 2.75) is 43.9 Å². The highest BCUT2D eigenvalue weighted by Crippen LogP contribution is 2.41. The molecule has 0 bridgehead atoms. The van der Waals surface area contributed by atoms with Gasteiger partial charge in [0, 0.05) is 0 Å². The van der Waals surface area contributed by atoms with E-state index >= 15 is 0 Å². The monoisotopic (exact) mass is 278 g/mol. The van der Waals surface area contributed by atoms with Crippen LogP contribution in [0.1, 0.15) is 42.7 Å². The number of nitrogens with zero attached hydrogens (tertiary/aromatic N) is 1. The highest BCUT2D eigenvalue weighted by atomic mass is 16.5. The summed E-state index contributed by atoms with van der Waals surface area (Å²) in [5.74, 6) is -0.641. The van der Waals surface area contributed by atoms with Gasteiger partial charge in [0.05, 0.1) is 12.9 Å². The third kappa shape index (κ3) is 2.00. The molecule has 6 heteroatoms. The first kappa shape index (κ1) is 13.2. The number of nitrogens with two attached hydrogens (primary N) is 1. The summed E-state index contributed by atoms with van der Waals surface area (Å²) in [7, 11) is 0. The van der Waals surface area contributed by atoms with Gasteiger partial charge in [-0.3, -0.25) is 14.5 Å². The van der Waals surface area contributed by atoms with Crippen LogP contribution in [0.15, 0.2) is 22.8 Å². The van der Waals surface area contributed by atoms with Crippen LogP contribution < -0.4 is 5.73 Å². The third-order valence-electron chi connectivity index (χ3n) is 4.17. The number of furan rings is 1. The summed E-state index contributed by atoms with van der Waals surface area (Å²) >= 11 is 0. The van der Waals surface area contributed by atoms with Crippen molar-refractivity contribution in [2.75, 3.05) is 6.61 Å². The molecule has 2 amide bonds. The Bertz CT molecular complexity index is 505. The van der Waals surface area contributed by atoms with Crippen LogP contribution in [0.4, 0.5) is 0 Å². The van der Waals surface area contributed by atoms with Crippen molar-refractivity contribution in [3.8, 4) is 0 Å². The fraction of sp³-hybridized carbons (Fsp3) is 0.571. The van der Waals surface area contributed by atoms with Gasteiger partial charge in [0.15, 0.2) is 5.76 Å². The lowest BCUT2D eigenvalue weighted by Crippen LogP contribution is -2.55. The Morgan fingerprint density at radius 3 is 2.65 bits per heavy atom. The molecule has 2 N–H and O–H groups in total. The second kappa shape index (κ2) is 4.94. The van der Waals surface area contributed by atoms with E-state index in [0.717, 1.165) is 32.1 Å². The number of amides is 2. The van der Waals surface area contributed by atoms with Crippen molar-refractivity contribution in [3.63, 3.8) is 0 Å². The van der Waals surface area contributed by atoms with Gasteiger partial charge in [0.1, 0.15) is 11.8 Å². The molecule has 1 aliphatic heterocycles. The third-order valence-corrected chi connectivity index (χ3v) is 4.17. The first-order chi connectivity index (χ1) is 9.64. The van der Waals surface area contributed by atoms with Crippen LogP contribution in [0.2, 0.25) is 0 Å². The van der Waals surface area contributed by atoms with Crippen LogP contribution in [-0.2, 0) is 9.53 Å². The summed E-state index contributed by atoms with van der Waals surface area (Å²) in [6.45, 7) is 0.168. The Morgan fingerprint density at radius 2 is 2.05 bits per heavy atom. The van der Waals surface area contributed by atoms with E-state index in [1.807, 2.05) is 0 Å². The van der Waals surface area contributed by atoms with Crippen LogP contribution in [0, 0.1) is 0 Å². The van der Waals surface area contributed by atoms with Gasteiger partial charge in [-0.05, 0) is 37.8 Å². The SMILES string of the molecule is NC(=O)C1COC2(CCCCC2)N1C(=O)c1ccco1. The summed E-state index contributed by atoms with van der Waals surface area (Å²) in [5.41, 5.74) is 4.73. The molecule has 108 valence electrons. The van der Waals surface area contributed by atoms with E-state index in [2.05, 4.69) is 0 Å². The summed E-state index contributed by atoms with van der Waals surface area (Å²) < 4.78 is 11.0. The number of ether oxygens (including phenoxy) is 1. The first-order valence-corrected chi connectivity index (χ1v) is 6.94. The molecule has 20 heavy (non-hydrogen) atoms. The van der Waals surface area contributed by atoms with Gasteiger partial charge in [-0.2, -0.15) is 0 Å². The molecule has 1 aliphatic carbocycles. The Morgan fingerprint density at radius 1 is 1.30 bits per heavy atom. The van der Waals surface area contributed by atoms with Gasteiger partial charge in [-0.25, -0.2) is 0 Å². The fourth-order valence-corrected chi connectivity index (χ4v) is 3.21. The molecular weight excluding hydrogens is 260 g/mol. The van der Waals surface area contributed by atoms with Gasteiger partial charge in [0.2, 0.25) is 5.91 Å². The Kier molecular flexibility index (Phi) is 3.25. The molecule has 1 atom stereocenters. The van der Waals surface area contributed by atoms with Gasteiger partial charge in [-0.1, -0.05) is 6.42 Å². The minimum Gasteiger partial charge on any atom is -0.459 e. The normalized spacial score (nSPS) is 25.0.